The number of aryl methyl sites for hydroxylation is 1. The molecule has 0 spiro atoms. The van der Waals surface area contributed by atoms with Crippen molar-refractivity contribution in [3.05, 3.63) is 126 Å². The molecule has 0 radical (unpaired) electrons. The molecule has 43 heavy (non-hydrogen) atoms. The second-order valence-electron chi connectivity index (χ2n) is 10.8. The number of hydrogen-bond donors (Lipinski definition) is 1. The molecule has 9 heteroatoms. The summed E-state index contributed by atoms with van der Waals surface area (Å²) in [5, 5.41) is 5.03. The van der Waals surface area contributed by atoms with Crippen LogP contribution in [0.1, 0.15) is 36.9 Å². The van der Waals surface area contributed by atoms with E-state index in [0.717, 1.165) is 32.5 Å². The zero-order chi connectivity index (χ0) is 30.5. The van der Waals surface area contributed by atoms with Crippen LogP contribution in [0.25, 0.3) is 0 Å². The lowest BCUT2D eigenvalue weighted by atomic mass is 10.0. The largest absolute Gasteiger partial charge is 0.449 e. The number of benzene rings is 4. The second kappa shape index (κ2) is 13.3. The Hall–Kier alpha value is -3.71. The summed E-state index contributed by atoms with van der Waals surface area (Å²) in [6.07, 6.45) is 0.383. The van der Waals surface area contributed by atoms with E-state index in [-0.39, 0.29) is 35.9 Å². The van der Waals surface area contributed by atoms with Crippen LogP contribution in [0, 0.1) is 18.8 Å². The third-order valence-electron chi connectivity index (χ3n) is 7.91. The predicted octanol–water partition coefficient (Wildman–Crippen LogP) is 6.43. The molecule has 3 atom stereocenters. The topological polar surface area (TPSA) is 92.8 Å². The number of rotatable bonds is 12. The first-order valence-corrected chi connectivity index (χ1v) is 17.7. The summed E-state index contributed by atoms with van der Waals surface area (Å²) in [6, 6.07) is 35.1. The number of hydrogen-bond acceptors (Lipinski definition) is 5. The molecular weight excluding hydrogens is 579 g/mol. The molecule has 0 heterocycles. The van der Waals surface area contributed by atoms with Gasteiger partial charge < -0.3 is 4.74 Å². The zero-order valence-corrected chi connectivity index (χ0v) is 26.1. The van der Waals surface area contributed by atoms with Crippen molar-refractivity contribution < 1.29 is 22.5 Å². The molecule has 1 amide bonds. The summed E-state index contributed by atoms with van der Waals surface area (Å²) in [5.41, 5.74) is 1.93. The smallest absolute Gasteiger partial charge is 0.423 e. The minimum absolute atomic E-state index is 0.00719. The molecule has 0 aliphatic heterocycles. The van der Waals surface area contributed by atoms with E-state index in [1.807, 2.05) is 97.9 Å². The van der Waals surface area contributed by atoms with Gasteiger partial charge in [0.25, 0.3) is 10.0 Å². The average Bonchev–Trinajstić information content (AvgIpc) is 3.80. The van der Waals surface area contributed by atoms with Gasteiger partial charge in [0.15, 0.2) is 0 Å². The van der Waals surface area contributed by atoms with Gasteiger partial charge in [-0.1, -0.05) is 84.4 Å². The van der Waals surface area contributed by atoms with Crippen molar-refractivity contribution in [3.8, 4) is 0 Å². The normalized spacial score (nSPS) is 17.2. The Morgan fingerprint density at radius 3 is 1.95 bits per heavy atom. The van der Waals surface area contributed by atoms with E-state index in [1.54, 1.807) is 19.1 Å². The van der Waals surface area contributed by atoms with E-state index in [1.165, 1.54) is 12.1 Å². The highest BCUT2D eigenvalue weighted by molar-refractivity contribution is 7.89. The molecule has 1 fully saturated rings. The van der Waals surface area contributed by atoms with Crippen LogP contribution in [0.3, 0.4) is 0 Å². The maximum absolute atomic E-state index is 14.9. The molecule has 5 rings (SSSR count). The Kier molecular flexibility index (Phi) is 9.50. The monoisotopic (exact) mass is 616 g/mol. The quantitative estimate of drug-likeness (QED) is 0.185. The van der Waals surface area contributed by atoms with E-state index in [2.05, 4.69) is 5.09 Å². The van der Waals surface area contributed by atoms with Crippen molar-refractivity contribution in [2.24, 2.45) is 11.8 Å². The van der Waals surface area contributed by atoms with Gasteiger partial charge in [0.2, 0.25) is 7.29 Å². The molecule has 7 nitrogen and oxygen atoms in total. The molecule has 1 aliphatic carbocycles. The first-order chi connectivity index (χ1) is 20.7. The molecule has 1 N–H and O–H groups in total. The van der Waals surface area contributed by atoms with Crippen molar-refractivity contribution in [1.82, 2.24) is 9.39 Å². The van der Waals surface area contributed by atoms with Gasteiger partial charge in [-0.3, -0.25) is 9.65 Å². The Morgan fingerprint density at radius 1 is 0.884 bits per heavy atom. The SMILES string of the molecule is CCOC(=O)N(CC[C@@H]1C[C@H]1[C@@H](NP(=O)(c1ccccc1)c1ccccc1)c1ccccc1)S(=O)(=O)c1ccc(C)cc1. The van der Waals surface area contributed by atoms with Gasteiger partial charge in [-0.25, -0.2) is 17.5 Å². The molecule has 4 aromatic carbocycles. The molecule has 0 unspecified atom stereocenters. The van der Waals surface area contributed by atoms with Crippen LogP contribution in [0.5, 0.6) is 0 Å². The lowest BCUT2D eigenvalue weighted by Crippen LogP contribution is -2.38. The Bertz CT molecular complexity index is 1620. The Labute approximate surface area is 254 Å². The van der Waals surface area contributed by atoms with Crippen LogP contribution in [0.4, 0.5) is 4.79 Å². The van der Waals surface area contributed by atoms with Gasteiger partial charge in [0, 0.05) is 23.2 Å². The molecule has 224 valence electrons. The number of carbonyl (C=O) groups is 1. The van der Waals surface area contributed by atoms with Crippen LogP contribution in [0.2, 0.25) is 0 Å². The fourth-order valence-corrected chi connectivity index (χ4v) is 9.33. The fraction of sp³-hybridized carbons (Fsp3) is 0.265. The standard InChI is InChI=1S/C34H37N2O5PS/c1-3-41-34(37)36(43(39,40)31-21-19-26(2)20-22-31)24-23-28-25-32(28)33(27-13-7-4-8-14-27)35-42(38,29-15-9-5-10-16-29)30-17-11-6-12-18-30/h4-22,28,32-33H,3,23-25H2,1-2H3,(H,35,38)/t28-,32-,33+/m1/s1. The first kappa shape index (κ1) is 30.7. The summed E-state index contributed by atoms with van der Waals surface area (Å²) in [7, 11) is -7.35. The molecule has 0 bridgehead atoms. The van der Waals surface area contributed by atoms with Crippen LogP contribution in [0.15, 0.2) is 120 Å². The summed E-state index contributed by atoms with van der Waals surface area (Å²) in [6.45, 7) is 3.59. The number of nitrogens with zero attached hydrogens (tertiary/aromatic N) is 1. The molecule has 1 aliphatic rings. The highest BCUT2D eigenvalue weighted by atomic mass is 32.2. The lowest BCUT2D eigenvalue weighted by Gasteiger charge is -2.28. The average molecular weight is 617 g/mol. The highest BCUT2D eigenvalue weighted by Gasteiger charge is 2.46. The van der Waals surface area contributed by atoms with Crippen molar-refractivity contribution in [2.75, 3.05) is 13.2 Å². The molecule has 1 saturated carbocycles. The molecule has 0 aromatic heterocycles. The van der Waals surface area contributed by atoms with E-state index >= 15 is 0 Å². The second-order valence-corrected chi connectivity index (χ2v) is 15.2. The first-order valence-electron chi connectivity index (χ1n) is 14.5. The molecule has 0 saturated heterocycles. The zero-order valence-electron chi connectivity index (χ0n) is 24.4. The van der Waals surface area contributed by atoms with Crippen molar-refractivity contribution >= 4 is 34.0 Å². The van der Waals surface area contributed by atoms with Crippen LogP contribution in [-0.4, -0.2) is 32.0 Å². The van der Waals surface area contributed by atoms with Crippen LogP contribution < -0.4 is 15.7 Å². The number of amides is 1. The van der Waals surface area contributed by atoms with Crippen molar-refractivity contribution in [1.29, 1.82) is 0 Å². The minimum atomic E-state index is -4.10. The minimum Gasteiger partial charge on any atom is -0.449 e. The number of ether oxygens (including phenoxy) is 1. The lowest BCUT2D eigenvalue weighted by molar-refractivity contribution is 0.130. The van der Waals surface area contributed by atoms with E-state index < -0.39 is 23.4 Å². The summed E-state index contributed by atoms with van der Waals surface area (Å²) >= 11 is 0. The van der Waals surface area contributed by atoms with E-state index in [0.29, 0.717) is 6.42 Å². The van der Waals surface area contributed by atoms with Gasteiger partial charge >= 0.3 is 6.09 Å². The van der Waals surface area contributed by atoms with Gasteiger partial charge in [0.1, 0.15) is 0 Å². The third kappa shape index (κ3) is 6.93. The van der Waals surface area contributed by atoms with E-state index in [9.17, 15) is 17.8 Å². The van der Waals surface area contributed by atoms with Gasteiger partial charge in [-0.15, -0.1) is 0 Å². The van der Waals surface area contributed by atoms with Gasteiger partial charge in [-0.2, -0.15) is 0 Å². The maximum atomic E-state index is 14.9. The maximum Gasteiger partial charge on any atom is 0.423 e. The summed E-state index contributed by atoms with van der Waals surface area (Å²) < 4.78 is 47.9. The number of carbonyl (C=O) groups excluding carboxylic acids is 1. The fourth-order valence-electron chi connectivity index (χ4n) is 5.48. The van der Waals surface area contributed by atoms with Crippen LogP contribution >= 0.6 is 7.29 Å². The molecular formula is C34H37N2O5PS. The Morgan fingerprint density at radius 2 is 1.42 bits per heavy atom. The third-order valence-corrected chi connectivity index (χ3v) is 12.4. The Balaban J connectivity index is 1.41. The highest BCUT2D eigenvalue weighted by Crippen LogP contribution is 2.53. The van der Waals surface area contributed by atoms with Gasteiger partial charge in [0.05, 0.1) is 11.5 Å². The van der Waals surface area contributed by atoms with Crippen molar-refractivity contribution in [3.63, 3.8) is 0 Å². The number of nitrogens with one attached hydrogen (secondary N) is 1. The summed E-state index contributed by atoms with van der Waals surface area (Å²) in [4.78, 5) is 12.9. The van der Waals surface area contributed by atoms with E-state index in [4.69, 9.17) is 4.74 Å². The predicted molar refractivity (Wildman–Crippen MR) is 170 cm³/mol. The number of sulfonamides is 1. The summed E-state index contributed by atoms with van der Waals surface area (Å²) in [5.74, 6) is 0.206. The molecule has 4 aromatic rings. The van der Waals surface area contributed by atoms with Crippen LogP contribution in [-0.2, 0) is 19.3 Å². The van der Waals surface area contributed by atoms with Gasteiger partial charge in [-0.05, 0) is 80.5 Å². The van der Waals surface area contributed by atoms with Crippen molar-refractivity contribution in [2.45, 2.75) is 37.6 Å².